The van der Waals surface area contributed by atoms with Crippen LogP contribution in [0.25, 0.3) is 0 Å². The van der Waals surface area contributed by atoms with Crippen LogP contribution in [0.2, 0.25) is 0 Å². The normalized spacial score (nSPS) is 11.2. The minimum absolute atomic E-state index is 0.0204. The second-order valence-electron chi connectivity index (χ2n) is 7.52. The second kappa shape index (κ2) is 19.7. The molecule has 150 valence electrons. The zero-order valence-corrected chi connectivity index (χ0v) is 16.9. The summed E-state index contributed by atoms with van der Waals surface area (Å²) >= 11 is 0. The van der Waals surface area contributed by atoms with Gasteiger partial charge in [-0.3, -0.25) is 4.79 Å². The van der Waals surface area contributed by atoms with E-state index in [0.29, 0.717) is 19.6 Å². The number of aliphatic hydroxyl groups excluding tert-OH is 1. The Kier molecular flexibility index (Phi) is 19.2. The van der Waals surface area contributed by atoms with Gasteiger partial charge in [-0.2, -0.15) is 0 Å². The highest BCUT2D eigenvalue weighted by atomic mass is 16.5. The Balaban J connectivity index is 3.16. The summed E-state index contributed by atoms with van der Waals surface area (Å²) in [7, 11) is 0. The van der Waals surface area contributed by atoms with Crippen LogP contribution in [0.15, 0.2) is 0 Å². The topological polar surface area (TPSA) is 58.6 Å². The largest absolute Gasteiger partial charge is 0.466 e. The zero-order chi connectivity index (χ0) is 18.6. The van der Waals surface area contributed by atoms with Gasteiger partial charge in [-0.1, -0.05) is 71.6 Å². The van der Waals surface area contributed by atoms with E-state index in [2.05, 4.69) is 19.2 Å². The maximum Gasteiger partial charge on any atom is 0.305 e. The minimum atomic E-state index is -0.0204. The van der Waals surface area contributed by atoms with Gasteiger partial charge in [0, 0.05) is 13.0 Å². The van der Waals surface area contributed by atoms with Crippen molar-refractivity contribution in [1.82, 2.24) is 5.32 Å². The van der Waals surface area contributed by atoms with Crippen LogP contribution in [0.3, 0.4) is 0 Å². The predicted octanol–water partition coefficient (Wildman–Crippen LogP) is 4.84. The Bertz CT molecular complexity index is 282. The third kappa shape index (κ3) is 21.3. The molecule has 0 aromatic rings. The van der Waals surface area contributed by atoms with Crippen LogP contribution in [0.4, 0.5) is 0 Å². The molecular weight excluding hydrogens is 314 g/mol. The van der Waals surface area contributed by atoms with Crippen LogP contribution in [-0.4, -0.2) is 37.4 Å². The Morgan fingerprint density at radius 2 is 1.44 bits per heavy atom. The Morgan fingerprint density at radius 1 is 0.840 bits per heavy atom. The van der Waals surface area contributed by atoms with E-state index in [1.54, 1.807) is 0 Å². The highest BCUT2D eigenvalue weighted by Gasteiger charge is 2.02. The third-order valence-corrected chi connectivity index (χ3v) is 4.46. The summed E-state index contributed by atoms with van der Waals surface area (Å²) in [6, 6.07) is 0. The van der Waals surface area contributed by atoms with Crippen molar-refractivity contribution in [1.29, 1.82) is 0 Å². The number of ether oxygens (including phenoxy) is 1. The molecule has 0 amide bonds. The van der Waals surface area contributed by atoms with Crippen LogP contribution in [0, 0.1) is 5.92 Å². The number of nitrogens with one attached hydrogen (secondary N) is 1. The fourth-order valence-electron chi connectivity index (χ4n) is 2.87. The molecule has 25 heavy (non-hydrogen) atoms. The van der Waals surface area contributed by atoms with E-state index in [1.807, 2.05) is 0 Å². The summed E-state index contributed by atoms with van der Waals surface area (Å²) in [5.41, 5.74) is 0. The molecule has 0 rings (SSSR count). The number of carbonyl (C=O) groups excluding carboxylic acids is 1. The molecule has 0 radical (unpaired) electrons. The maximum atomic E-state index is 11.6. The Hall–Kier alpha value is -0.610. The molecule has 0 saturated heterocycles. The second-order valence-corrected chi connectivity index (χ2v) is 7.52. The highest BCUT2D eigenvalue weighted by molar-refractivity contribution is 5.69. The lowest BCUT2D eigenvalue weighted by atomic mass is 10.0. The fourth-order valence-corrected chi connectivity index (χ4v) is 2.87. The van der Waals surface area contributed by atoms with Crippen molar-refractivity contribution < 1.29 is 14.6 Å². The van der Waals surface area contributed by atoms with E-state index >= 15 is 0 Å². The standard InChI is InChI=1S/C21H43NO3/c1-20(2)14-10-6-3-4-7-11-15-21(24)25-19-13-9-5-8-12-16-22-17-18-23/h20,22-23H,3-19H2,1-2H3. The number of hydrogen-bond donors (Lipinski definition) is 2. The highest BCUT2D eigenvalue weighted by Crippen LogP contribution is 2.12. The average molecular weight is 358 g/mol. The van der Waals surface area contributed by atoms with Gasteiger partial charge >= 0.3 is 5.97 Å². The monoisotopic (exact) mass is 357 g/mol. The molecule has 0 heterocycles. The summed E-state index contributed by atoms with van der Waals surface area (Å²) in [5.74, 6) is 0.802. The van der Waals surface area contributed by atoms with Crippen molar-refractivity contribution in [2.24, 2.45) is 5.92 Å². The quantitative estimate of drug-likeness (QED) is 0.256. The first kappa shape index (κ1) is 24.4. The van der Waals surface area contributed by atoms with Crippen molar-refractivity contribution in [3.8, 4) is 0 Å². The lowest BCUT2D eigenvalue weighted by molar-refractivity contribution is -0.143. The van der Waals surface area contributed by atoms with Gasteiger partial charge in [0.15, 0.2) is 0 Å². The van der Waals surface area contributed by atoms with Crippen molar-refractivity contribution in [3.63, 3.8) is 0 Å². The molecule has 0 aliphatic carbocycles. The fraction of sp³-hybridized carbons (Fsp3) is 0.952. The summed E-state index contributed by atoms with van der Waals surface area (Å²) in [4.78, 5) is 11.6. The first-order chi connectivity index (χ1) is 12.2. The number of unbranched alkanes of at least 4 members (excludes halogenated alkanes) is 9. The molecule has 0 aliphatic heterocycles. The van der Waals surface area contributed by atoms with Crippen LogP contribution < -0.4 is 5.32 Å². The number of rotatable bonds is 19. The summed E-state index contributed by atoms with van der Waals surface area (Å²) in [6.45, 7) is 7.02. The van der Waals surface area contributed by atoms with E-state index in [1.165, 1.54) is 44.9 Å². The van der Waals surface area contributed by atoms with Gasteiger partial charge in [-0.05, 0) is 31.7 Å². The SMILES string of the molecule is CC(C)CCCCCCCCC(=O)OCCCCCCCNCCO. The molecule has 0 aromatic heterocycles. The van der Waals surface area contributed by atoms with Crippen LogP contribution in [-0.2, 0) is 9.53 Å². The Morgan fingerprint density at radius 3 is 2.12 bits per heavy atom. The molecule has 0 aliphatic rings. The molecule has 0 atom stereocenters. The molecule has 0 spiro atoms. The third-order valence-electron chi connectivity index (χ3n) is 4.46. The molecule has 0 unspecified atom stereocenters. The van der Waals surface area contributed by atoms with Crippen molar-refractivity contribution in [2.45, 2.75) is 97.3 Å². The van der Waals surface area contributed by atoms with Crippen LogP contribution in [0.5, 0.6) is 0 Å². The lowest BCUT2D eigenvalue weighted by Crippen LogP contribution is -2.19. The van der Waals surface area contributed by atoms with Crippen molar-refractivity contribution in [2.75, 3.05) is 26.3 Å². The van der Waals surface area contributed by atoms with E-state index < -0.39 is 0 Å². The number of aliphatic hydroxyl groups is 1. The average Bonchev–Trinajstić information content (AvgIpc) is 2.58. The van der Waals surface area contributed by atoms with Crippen molar-refractivity contribution in [3.05, 3.63) is 0 Å². The molecular formula is C21H43NO3. The van der Waals surface area contributed by atoms with Gasteiger partial charge in [0.2, 0.25) is 0 Å². The molecule has 0 bridgehead atoms. The predicted molar refractivity (Wildman–Crippen MR) is 106 cm³/mol. The summed E-state index contributed by atoms with van der Waals surface area (Å²) in [6.07, 6.45) is 14.9. The van der Waals surface area contributed by atoms with Gasteiger partial charge < -0.3 is 15.2 Å². The molecule has 4 heteroatoms. The summed E-state index contributed by atoms with van der Waals surface area (Å²) < 4.78 is 5.29. The first-order valence-corrected chi connectivity index (χ1v) is 10.6. The molecule has 0 saturated carbocycles. The van der Waals surface area contributed by atoms with Gasteiger partial charge in [0.1, 0.15) is 0 Å². The number of carbonyl (C=O) groups is 1. The maximum absolute atomic E-state index is 11.6. The van der Waals surface area contributed by atoms with Gasteiger partial charge in [0.05, 0.1) is 13.2 Å². The smallest absolute Gasteiger partial charge is 0.305 e. The first-order valence-electron chi connectivity index (χ1n) is 10.6. The minimum Gasteiger partial charge on any atom is -0.466 e. The van der Waals surface area contributed by atoms with E-state index in [4.69, 9.17) is 9.84 Å². The van der Waals surface area contributed by atoms with Gasteiger partial charge in [-0.25, -0.2) is 0 Å². The molecule has 2 N–H and O–H groups in total. The van der Waals surface area contributed by atoms with E-state index in [0.717, 1.165) is 44.6 Å². The Labute approximate surface area is 156 Å². The van der Waals surface area contributed by atoms with Crippen LogP contribution in [0.1, 0.15) is 97.3 Å². The molecule has 0 fully saturated rings. The van der Waals surface area contributed by atoms with Crippen molar-refractivity contribution >= 4 is 5.97 Å². The summed E-state index contributed by atoms with van der Waals surface area (Å²) in [5, 5.41) is 11.8. The zero-order valence-electron chi connectivity index (χ0n) is 16.9. The molecule has 4 nitrogen and oxygen atoms in total. The number of esters is 1. The van der Waals surface area contributed by atoms with E-state index in [-0.39, 0.29) is 12.6 Å². The lowest BCUT2D eigenvalue weighted by Gasteiger charge is -2.06. The molecule has 0 aromatic carbocycles. The van der Waals surface area contributed by atoms with E-state index in [9.17, 15) is 4.79 Å². The number of hydrogen-bond acceptors (Lipinski definition) is 4. The van der Waals surface area contributed by atoms with Gasteiger partial charge in [0.25, 0.3) is 0 Å². The van der Waals surface area contributed by atoms with Crippen LogP contribution >= 0.6 is 0 Å². The van der Waals surface area contributed by atoms with Gasteiger partial charge in [-0.15, -0.1) is 0 Å².